The van der Waals surface area contributed by atoms with Crippen LogP contribution in [-0.2, 0) is 10.0 Å². The van der Waals surface area contributed by atoms with Gasteiger partial charge in [0.2, 0.25) is 10.0 Å². The first kappa shape index (κ1) is 19.9. The largest absolute Gasteiger partial charge is 0.243 e. The Kier molecular flexibility index (Phi) is 7.02. The van der Waals surface area contributed by atoms with Crippen molar-refractivity contribution in [3.63, 3.8) is 0 Å². The Hall–Kier alpha value is -1.40. The maximum absolute atomic E-state index is 12.9. The van der Waals surface area contributed by atoms with Gasteiger partial charge in [0.1, 0.15) is 0 Å². The van der Waals surface area contributed by atoms with Crippen LogP contribution in [0, 0.1) is 6.92 Å². The highest BCUT2D eigenvalue weighted by molar-refractivity contribution is 9.11. The molecule has 2 aromatic rings. The Morgan fingerprint density at radius 2 is 1.76 bits per heavy atom. The lowest BCUT2D eigenvalue weighted by atomic mass is 10.2. The minimum Gasteiger partial charge on any atom is -0.207 e. The van der Waals surface area contributed by atoms with E-state index in [-0.39, 0.29) is 18.0 Å². The summed E-state index contributed by atoms with van der Waals surface area (Å²) in [5.74, 6) is 0. The summed E-state index contributed by atoms with van der Waals surface area (Å²) in [6.07, 6.45) is 3.68. The van der Waals surface area contributed by atoms with Crippen molar-refractivity contribution < 1.29 is 8.42 Å². The minimum absolute atomic E-state index is 0.196. The van der Waals surface area contributed by atoms with Crippen molar-refractivity contribution in [2.45, 2.75) is 11.8 Å². The SMILES string of the molecule is C=C(Br)CN(C/C=C/c1ccc(Cl)cc1)S(=O)(=O)c1ccc(C)cc1. The molecule has 6 heteroatoms. The zero-order valence-electron chi connectivity index (χ0n) is 13.8. The zero-order chi connectivity index (χ0) is 18.4. The van der Waals surface area contributed by atoms with Crippen LogP contribution in [0.5, 0.6) is 0 Å². The molecule has 0 aliphatic rings. The average Bonchev–Trinajstić information content (AvgIpc) is 2.56. The highest BCUT2D eigenvalue weighted by Gasteiger charge is 2.23. The van der Waals surface area contributed by atoms with Gasteiger partial charge in [0.05, 0.1) is 4.90 Å². The van der Waals surface area contributed by atoms with Gasteiger partial charge in [-0.1, -0.05) is 76.1 Å². The van der Waals surface area contributed by atoms with Gasteiger partial charge in [-0.3, -0.25) is 0 Å². The topological polar surface area (TPSA) is 37.4 Å². The van der Waals surface area contributed by atoms with Crippen molar-refractivity contribution in [2.75, 3.05) is 13.1 Å². The third-order valence-electron chi connectivity index (χ3n) is 3.50. The van der Waals surface area contributed by atoms with Crippen LogP contribution in [0.25, 0.3) is 6.08 Å². The van der Waals surface area contributed by atoms with Gasteiger partial charge in [-0.15, -0.1) is 0 Å². The number of aryl methyl sites for hydroxylation is 1. The van der Waals surface area contributed by atoms with E-state index in [4.69, 9.17) is 11.6 Å². The lowest BCUT2D eigenvalue weighted by Gasteiger charge is -2.20. The molecule has 0 unspecified atom stereocenters. The third-order valence-corrected chi connectivity index (χ3v) is 5.82. The summed E-state index contributed by atoms with van der Waals surface area (Å²) in [5.41, 5.74) is 1.97. The van der Waals surface area contributed by atoms with Crippen molar-refractivity contribution in [3.8, 4) is 0 Å². The van der Waals surface area contributed by atoms with Gasteiger partial charge in [0.15, 0.2) is 0 Å². The van der Waals surface area contributed by atoms with Crippen LogP contribution in [0.2, 0.25) is 5.02 Å². The first-order valence-corrected chi connectivity index (χ1v) is 10.2. The molecular weight excluding hydrogens is 422 g/mol. The molecule has 0 spiro atoms. The zero-order valence-corrected chi connectivity index (χ0v) is 17.0. The minimum atomic E-state index is -3.60. The van der Waals surface area contributed by atoms with E-state index in [0.717, 1.165) is 11.1 Å². The van der Waals surface area contributed by atoms with Crippen LogP contribution in [-0.4, -0.2) is 25.8 Å². The number of hydrogen-bond donors (Lipinski definition) is 0. The molecule has 0 N–H and O–H groups in total. The Morgan fingerprint density at radius 1 is 1.16 bits per heavy atom. The molecule has 0 heterocycles. The van der Waals surface area contributed by atoms with E-state index < -0.39 is 10.0 Å². The summed E-state index contributed by atoms with van der Waals surface area (Å²) < 4.78 is 27.7. The van der Waals surface area contributed by atoms with Crippen molar-refractivity contribution in [1.29, 1.82) is 0 Å². The average molecular weight is 441 g/mol. The fourth-order valence-corrected chi connectivity index (χ4v) is 4.16. The van der Waals surface area contributed by atoms with Gasteiger partial charge in [0.25, 0.3) is 0 Å². The summed E-state index contributed by atoms with van der Waals surface area (Å²) in [5, 5.41) is 0.663. The fourth-order valence-electron chi connectivity index (χ4n) is 2.18. The van der Waals surface area contributed by atoms with Crippen molar-refractivity contribution in [3.05, 3.63) is 81.8 Å². The normalized spacial score (nSPS) is 12.0. The van der Waals surface area contributed by atoms with Crippen LogP contribution >= 0.6 is 27.5 Å². The molecule has 2 rings (SSSR count). The smallest absolute Gasteiger partial charge is 0.207 e. The molecule has 0 aliphatic carbocycles. The Morgan fingerprint density at radius 3 is 2.32 bits per heavy atom. The van der Waals surface area contributed by atoms with Crippen LogP contribution in [0.3, 0.4) is 0 Å². The highest BCUT2D eigenvalue weighted by Crippen LogP contribution is 2.19. The van der Waals surface area contributed by atoms with Crippen molar-refractivity contribution in [2.24, 2.45) is 0 Å². The van der Waals surface area contributed by atoms with Crippen LogP contribution < -0.4 is 0 Å². The summed E-state index contributed by atoms with van der Waals surface area (Å²) in [6, 6.07) is 14.2. The second-order valence-electron chi connectivity index (χ2n) is 5.58. The first-order chi connectivity index (χ1) is 11.8. The van der Waals surface area contributed by atoms with Gasteiger partial charge >= 0.3 is 0 Å². The van der Waals surface area contributed by atoms with E-state index in [1.807, 2.05) is 31.2 Å². The van der Waals surface area contributed by atoms with Crippen LogP contribution in [0.1, 0.15) is 11.1 Å². The molecule has 0 bridgehead atoms. The Balaban J connectivity index is 2.21. The number of sulfonamides is 1. The summed E-state index contributed by atoms with van der Waals surface area (Å²) >= 11 is 9.12. The summed E-state index contributed by atoms with van der Waals surface area (Å²) in [4.78, 5) is 0.270. The van der Waals surface area contributed by atoms with E-state index in [0.29, 0.717) is 9.51 Å². The summed E-state index contributed by atoms with van der Waals surface area (Å²) in [7, 11) is -3.60. The summed E-state index contributed by atoms with van der Waals surface area (Å²) in [6.45, 7) is 6.12. The lowest BCUT2D eigenvalue weighted by molar-refractivity contribution is 0.473. The predicted octanol–water partition coefficient (Wildman–Crippen LogP) is 5.26. The molecule has 0 saturated carbocycles. The predicted molar refractivity (Wildman–Crippen MR) is 108 cm³/mol. The number of halogens is 2. The Labute approximate surface area is 162 Å². The second-order valence-corrected chi connectivity index (χ2v) is 9.08. The van der Waals surface area contributed by atoms with E-state index in [1.165, 1.54) is 4.31 Å². The number of hydrogen-bond acceptors (Lipinski definition) is 2. The Bertz CT molecular complexity index is 859. The van der Waals surface area contributed by atoms with E-state index in [9.17, 15) is 8.42 Å². The lowest BCUT2D eigenvalue weighted by Crippen LogP contribution is -2.32. The molecule has 132 valence electrons. The molecule has 0 saturated heterocycles. The van der Waals surface area contributed by atoms with Crippen molar-refractivity contribution >= 4 is 43.6 Å². The first-order valence-electron chi connectivity index (χ1n) is 7.61. The molecule has 0 radical (unpaired) electrons. The van der Waals surface area contributed by atoms with E-state index in [2.05, 4.69) is 22.5 Å². The maximum Gasteiger partial charge on any atom is 0.243 e. The van der Waals surface area contributed by atoms with E-state index in [1.54, 1.807) is 36.4 Å². The second kappa shape index (κ2) is 8.81. The quantitative estimate of drug-likeness (QED) is 0.589. The van der Waals surface area contributed by atoms with Crippen molar-refractivity contribution in [1.82, 2.24) is 4.31 Å². The van der Waals surface area contributed by atoms with Gasteiger partial charge in [-0.05, 0) is 36.8 Å². The number of nitrogens with zero attached hydrogens (tertiary/aromatic N) is 1. The molecule has 0 aromatic heterocycles. The van der Waals surface area contributed by atoms with Gasteiger partial charge in [0, 0.05) is 22.6 Å². The van der Waals surface area contributed by atoms with E-state index >= 15 is 0 Å². The molecule has 25 heavy (non-hydrogen) atoms. The van der Waals surface area contributed by atoms with Crippen LogP contribution in [0.4, 0.5) is 0 Å². The third kappa shape index (κ3) is 5.82. The standard InChI is InChI=1S/C19H19BrClNO2S/c1-15-5-11-19(12-6-15)25(23,24)22(14-16(2)20)13-3-4-17-7-9-18(21)10-8-17/h3-12H,2,13-14H2,1H3/b4-3+. The number of rotatable bonds is 7. The van der Waals surface area contributed by atoms with Gasteiger partial charge in [-0.25, -0.2) is 8.42 Å². The molecular formula is C19H19BrClNO2S. The maximum atomic E-state index is 12.9. The molecule has 0 aliphatic heterocycles. The molecule has 3 nitrogen and oxygen atoms in total. The fraction of sp³-hybridized carbons (Fsp3) is 0.158. The molecule has 2 aromatic carbocycles. The van der Waals surface area contributed by atoms with Crippen LogP contribution in [0.15, 0.2) is 70.6 Å². The molecule has 0 amide bonds. The monoisotopic (exact) mass is 439 g/mol. The highest BCUT2D eigenvalue weighted by atomic mass is 79.9. The van der Waals surface area contributed by atoms with Gasteiger partial charge in [-0.2, -0.15) is 4.31 Å². The molecule has 0 atom stereocenters. The number of benzene rings is 2. The molecule has 0 fully saturated rings. The van der Waals surface area contributed by atoms with Gasteiger partial charge < -0.3 is 0 Å².